The molecule has 1 unspecified atom stereocenters. The smallest absolute Gasteiger partial charge is 0.301 e. The average Bonchev–Trinajstić information content (AvgIpc) is 3.24. The van der Waals surface area contributed by atoms with Crippen LogP contribution in [0.3, 0.4) is 0 Å². The minimum absolute atomic E-state index is 0.0940. The highest BCUT2D eigenvalue weighted by Crippen LogP contribution is 2.41. The summed E-state index contributed by atoms with van der Waals surface area (Å²) in [4.78, 5) is 26.8. The Labute approximate surface area is 159 Å². The summed E-state index contributed by atoms with van der Waals surface area (Å²) in [6.45, 7) is 1.67. The molecule has 4 rings (SSSR count). The molecule has 1 aliphatic rings. The Morgan fingerprint density at radius 3 is 2.39 bits per heavy atom. The number of nitrogens with zero attached hydrogens (tertiary/aromatic N) is 2. The van der Waals surface area contributed by atoms with Gasteiger partial charge in [-0.3, -0.25) is 14.5 Å². The molecular formula is C21H15FN2O4. The molecule has 0 bridgehead atoms. The van der Waals surface area contributed by atoms with Crippen molar-refractivity contribution in [2.24, 2.45) is 0 Å². The first-order valence-electron chi connectivity index (χ1n) is 8.52. The molecule has 0 radical (unpaired) electrons. The number of aryl methyl sites for hydroxylation is 1. The fraction of sp³-hybridized carbons (Fsp3) is 0.0952. The van der Waals surface area contributed by atoms with Crippen LogP contribution >= 0.6 is 0 Å². The molecule has 0 saturated carbocycles. The molecule has 2 heterocycles. The number of Topliss-reactive ketones (excluding diaryl/α,β-unsaturated/α-hetero) is 1. The van der Waals surface area contributed by atoms with Crippen LogP contribution in [0.25, 0.3) is 5.76 Å². The molecule has 140 valence electrons. The highest BCUT2D eigenvalue weighted by Gasteiger charge is 2.48. The van der Waals surface area contributed by atoms with Gasteiger partial charge in [0.05, 0.1) is 11.6 Å². The molecular weight excluding hydrogens is 363 g/mol. The summed E-state index contributed by atoms with van der Waals surface area (Å²) in [6.07, 6.45) is 0. The molecule has 0 aliphatic carbocycles. The maximum Gasteiger partial charge on any atom is 0.301 e. The number of aliphatic hydroxyl groups is 1. The van der Waals surface area contributed by atoms with Gasteiger partial charge in [-0.15, -0.1) is 0 Å². The Kier molecular flexibility index (Phi) is 4.27. The number of amides is 1. The van der Waals surface area contributed by atoms with Crippen molar-refractivity contribution in [3.63, 3.8) is 0 Å². The number of rotatable bonds is 3. The summed E-state index contributed by atoms with van der Waals surface area (Å²) in [5, 5.41) is 14.7. The van der Waals surface area contributed by atoms with E-state index in [0.29, 0.717) is 11.3 Å². The van der Waals surface area contributed by atoms with Crippen LogP contribution < -0.4 is 4.90 Å². The van der Waals surface area contributed by atoms with Crippen molar-refractivity contribution in [2.75, 3.05) is 4.90 Å². The van der Waals surface area contributed by atoms with Crippen LogP contribution in [-0.4, -0.2) is 22.0 Å². The van der Waals surface area contributed by atoms with Gasteiger partial charge in [0.25, 0.3) is 5.78 Å². The second-order valence-corrected chi connectivity index (χ2v) is 6.38. The predicted molar refractivity (Wildman–Crippen MR) is 98.9 cm³/mol. The number of aromatic nitrogens is 1. The van der Waals surface area contributed by atoms with Crippen molar-refractivity contribution in [2.45, 2.75) is 13.0 Å². The van der Waals surface area contributed by atoms with Gasteiger partial charge in [0.2, 0.25) is 0 Å². The van der Waals surface area contributed by atoms with E-state index in [1.54, 1.807) is 43.3 Å². The average molecular weight is 378 g/mol. The van der Waals surface area contributed by atoms with E-state index in [2.05, 4.69) is 5.16 Å². The number of hydrogen-bond donors (Lipinski definition) is 1. The first kappa shape index (κ1) is 17.7. The van der Waals surface area contributed by atoms with Crippen LogP contribution in [0.2, 0.25) is 0 Å². The topological polar surface area (TPSA) is 83.6 Å². The SMILES string of the molecule is Cc1cc(N2C(=O)C(=O)/C(=C(/O)c3ccc(F)cc3)C2c2ccccc2)no1. The number of benzene rings is 2. The van der Waals surface area contributed by atoms with Gasteiger partial charge in [-0.05, 0) is 36.8 Å². The van der Waals surface area contributed by atoms with Gasteiger partial charge in [0.15, 0.2) is 5.82 Å². The zero-order chi connectivity index (χ0) is 19.8. The van der Waals surface area contributed by atoms with Gasteiger partial charge in [-0.1, -0.05) is 35.5 Å². The minimum atomic E-state index is -0.893. The summed E-state index contributed by atoms with van der Waals surface area (Å²) in [6, 6.07) is 14.5. The van der Waals surface area contributed by atoms with Gasteiger partial charge in [-0.25, -0.2) is 4.39 Å². The quantitative estimate of drug-likeness (QED) is 0.426. The molecule has 1 fully saturated rings. The van der Waals surface area contributed by atoms with E-state index in [1.807, 2.05) is 0 Å². The van der Waals surface area contributed by atoms with Crippen LogP contribution in [-0.2, 0) is 9.59 Å². The van der Waals surface area contributed by atoms with Gasteiger partial charge in [0, 0.05) is 11.6 Å². The zero-order valence-electron chi connectivity index (χ0n) is 14.8. The van der Waals surface area contributed by atoms with E-state index in [4.69, 9.17) is 4.52 Å². The summed E-state index contributed by atoms with van der Waals surface area (Å²) < 4.78 is 18.3. The first-order chi connectivity index (χ1) is 13.5. The lowest BCUT2D eigenvalue weighted by molar-refractivity contribution is -0.132. The van der Waals surface area contributed by atoms with E-state index < -0.39 is 23.5 Å². The summed E-state index contributed by atoms with van der Waals surface area (Å²) >= 11 is 0. The molecule has 1 atom stereocenters. The Bertz CT molecular complexity index is 1090. The third-order valence-electron chi connectivity index (χ3n) is 4.54. The predicted octanol–water partition coefficient (Wildman–Crippen LogP) is 3.75. The van der Waals surface area contributed by atoms with Crippen molar-refractivity contribution in [1.82, 2.24) is 5.16 Å². The second-order valence-electron chi connectivity index (χ2n) is 6.38. The van der Waals surface area contributed by atoms with Crippen molar-refractivity contribution >= 4 is 23.3 Å². The number of aliphatic hydroxyl groups excluding tert-OH is 1. The summed E-state index contributed by atoms with van der Waals surface area (Å²) in [5.41, 5.74) is 0.756. The minimum Gasteiger partial charge on any atom is -0.507 e. The lowest BCUT2D eigenvalue weighted by Crippen LogP contribution is -2.29. The van der Waals surface area contributed by atoms with Crippen molar-refractivity contribution in [1.29, 1.82) is 0 Å². The molecule has 7 heteroatoms. The lowest BCUT2D eigenvalue weighted by Gasteiger charge is -2.22. The molecule has 1 aromatic heterocycles. The Balaban J connectivity index is 1.93. The maximum atomic E-state index is 13.2. The van der Waals surface area contributed by atoms with Crippen LogP contribution in [0.1, 0.15) is 22.9 Å². The van der Waals surface area contributed by atoms with Crippen LogP contribution in [0.15, 0.2) is 70.8 Å². The highest BCUT2D eigenvalue weighted by atomic mass is 19.1. The third kappa shape index (κ3) is 2.87. The lowest BCUT2D eigenvalue weighted by atomic mass is 9.95. The molecule has 1 saturated heterocycles. The second kappa shape index (κ2) is 6.77. The molecule has 6 nitrogen and oxygen atoms in total. The van der Waals surface area contributed by atoms with Crippen LogP contribution in [0.5, 0.6) is 0 Å². The van der Waals surface area contributed by atoms with Crippen LogP contribution in [0.4, 0.5) is 10.2 Å². The standard InChI is InChI=1S/C21H15FN2O4/c1-12-11-16(23-28-12)24-18(13-5-3-2-4-6-13)17(20(26)21(24)27)19(25)14-7-9-15(22)10-8-14/h2-11,18,25H,1H3/b19-17+. The maximum absolute atomic E-state index is 13.2. The summed E-state index contributed by atoms with van der Waals surface area (Å²) in [5.74, 6) is -1.89. The van der Waals surface area contributed by atoms with Crippen molar-refractivity contribution < 1.29 is 23.6 Å². The Morgan fingerprint density at radius 2 is 1.79 bits per heavy atom. The van der Waals surface area contributed by atoms with Gasteiger partial charge < -0.3 is 9.63 Å². The number of carbonyl (C=O) groups excluding carboxylic acids is 2. The normalized spacial score (nSPS) is 18.6. The Hall–Kier alpha value is -3.74. The molecule has 0 spiro atoms. The van der Waals surface area contributed by atoms with E-state index >= 15 is 0 Å². The molecule has 1 aliphatic heterocycles. The van der Waals surface area contributed by atoms with Crippen LogP contribution in [0, 0.1) is 12.7 Å². The van der Waals surface area contributed by atoms with Crippen molar-refractivity contribution in [3.8, 4) is 0 Å². The molecule has 3 aromatic rings. The first-order valence-corrected chi connectivity index (χ1v) is 8.52. The Morgan fingerprint density at radius 1 is 1.11 bits per heavy atom. The number of halogens is 1. The highest BCUT2D eigenvalue weighted by molar-refractivity contribution is 6.51. The molecule has 1 amide bonds. The number of hydrogen-bond acceptors (Lipinski definition) is 5. The third-order valence-corrected chi connectivity index (χ3v) is 4.54. The van der Waals surface area contributed by atoms with Gasteiger partial charge in [0.1, 0.15) is 17.3 Å². The van der Waals surface area contributed by atoms with Gasteiger partial charge >= 0.3 is 5.91 Å². The number of anilines is 1. The molecule has 28 heavy (non-hydrogen) atoms. The van der Waals surface area contributed by atoms with Crippen molar-refractivity contribution in [3.05, 3.63) is 88.9 Å². The van der Waals surface area contributed by atoms with E-state index in [-0.39, 0.29) is 22.7 Å². The largest absolute Gasteiger partial charge is 0.507 e. The fourth-order valence-electron chi connectivity index (χ4n) is 3.25. The zero-order valence-corrected chi connectivity index (χ0v) is 14.8. The monoisotopic (exact) mass is 378 g/mol. The fourth-order valence-corrected chi connectivity index (χ4v) is 3.25. The number of ketones is 1. The van der Waals surface area contributed by atoms with E-state index in [9.17, 15) is 19.1 Å². The number of carbonyl (C=O) groups is 2. The summed E-state index contributed by atoms with van der Waals surface area (Å²) in [7, 11) is 0. The van der Waals surface area contributed by atoms with E-state index in [0.717, 1.165) is 0 Å². The molecule has 2 aromatic carbocycles. The molecule has 1 N–H and O–H groups in total. The van der Waals surface area contributed by atoms with Gasteiger partial charge in [-0.2, -0.15) is 0 Å². The van der Waals surface area contributed by atoms with E-state index in [1.165, 1.54) is 29.2 Å².